The van der Waals surface area contributed by atoms with E-state index in [1.807, 2.05) is 14.0 Å². The fourth-order valence-electron chi connectivity index (χ4n) is 1.78. The van der Waals surface area contributed by atoms with Crippen LogP contribution in [0.4, 0.5) is 4.79 Å². The molecule has 0 atom stereocenters. The molecule has 0 unspecified atom stereocenters. The normalized spacial score (nSPS) is 10.5. The van der Waals surface area contributed by atoms with Crippen LogP contribution in [0.25, 0.3) is 0 Å². The molecule has 6 heteroatoms. The molecular weight excluding hydrogens is 244 g/mol. The maximum atomic E-state index is 12.0. The molecule has 1 aromatic heterocycles. The first kappa shape index (κ1) is 15.5. The number of aliphatic hydroxyl groups is 1. The van der Waals surface area contributed by atoms with Gasteiger partial charge in [0, 0.05) is 37.9 Å². The average molecular weight is 268 g/mol. The van der Waals surface area contributed by atoms with Crippen LogP contribution in [0.1, 0.15) is 31.0 Å². The standard InChI is InChI=1S/C13H24N4O2/c1-4-5-6-17(7-8-18)13(19)14-9-12-10-15-16(3)11(12)2/h10,18H,4-9H2,1-3H3,(H,14,19). The molecular formula is C13H24N4O2. The van der Waals surface area contributed by atoms with Crippen LogP contribution in [0.3, 0.4) is 0 Å². The van der Waals surface area contributed by atoms with Gasteiger partial charge in [-0.1, -0.05) is 13.3 Å². The highest BCUT2D eigenvalue weighted by atomic mass is 16.3. The highest BCUT2D eigenvalue weighted by Gasteiger charge is 2.12. The molecule has 0 bridgehead atoms. The lowest BCUT2D eigenvalue weighted by Gasteiger charge is -2.21. The predicted octanol–water partition coefficient (Wildman–Crippen LogP) is 1.03. The van der Waals surface area contributed by atoms with E-state index >= 15 is 0 Å². The van der Waals surface area contributed by atoms with E-state index in [-0.39, 0.29) is 12.6 Å². The van der Waals surface area contributed by atoms with Gasteiger partial charge in [0.1, 0.15) is 0 Å². The maximum Gasteiger partial charge on any atom is 0.317 e. The average Bonchev–Trinajstić information content (AvgIpc) is 2.72. The van der Waals surface area contributed by atoms with Crippen LogP contribution in [0.2, 0.25) is 0 Å². The second-order valence-electron chi connectivity index (χ2n) is 4.60. The van der Waals surface area contributed by atoms with E-state index < -0.39 is 0 Å². The van der Waals surface area contributed by atoms with E-state index in [1.165, 1.54) is 0 Å². The molecule has 0 radical (unpaired) electrons. The Morgan fingerprint density at radius 3 is 2.79 bits per heavy atom. The van der Waals surface area contributed by atoms with Gasteiger partial charge in [-0.25, -0.2) is 4.79 Å². The van der Waals surface area contributed by atoms with Crippen molar-refractivity contribution in [3.8, 4) is 0 Å². The van der Waals surface area contributed by atoms with Crippen molar-refractivity contribution in [1.82, 2.24) is 20.0 Å². The Morgan fingerprint density at radius 1 is 1.53 bits per heavy atom. The van der Waals surface area contributed by atoms with Gasteiger partial charge in [0.05, 0.1) is 12.8 Å². The zero-order valence-corrected chi connectivity index (χ0v) is 12.0. The Labute approximate surface area is 114 Å². The molecule has 0 aromatic carbocycles. The van der Waals surface area contributed by atoms with Crippen molar-refractivity contribution >= 4 is 6.03 Å². The summed E-state index contributed by atoms with van der Waals surface area (Å²) in [5.41, 5.74) is 2.05. The van der Waals surface area contributed by atoms with E-state index in [0.717, 1.165) is 24.1 Å². The van der Waals surface area contributed by atoms with Crippen LogP contribution >= 0.6 is 0 Å². The Bertz CT molecular complexity index is 403. The molecule has 6 nitrogen and oxygen atoms in total. The first-order valence-corrected chi connectivity index (χ1v) is 6.71. The van der Waals surface area contributed by atoms with Crippen LogP contribution < -0.4 is 5.32 Å². The first-order chi connectivity index (χ1) is 9.10. The number of nitrogens with one attached hydrogen (secondary N) is 1. The highest BCUT2D eigenvalue weighted by Crippen LogP contribution is 2.05. The van der Waals surface area contributed by atoms with Gasteiger partial charge in [-0.15, -0.1) is 0 Å². The third kappa shape index (κ3) is 4.55. The molecule has 2 amide bonds. The van der Waals surface area contributed by atoms with Gasteiger partial charge < -0.3 is 15.3 Å². The predicted molar refractivity (Wildman–Crippen MR) is 73.7 cm³/mol. The zero-order chi connectivity index (χ0) is 14.3. The summed E-state index contributed by atoms with van der Waals surface area (Å²) in [7, 11) is 1.87. The second-order valence-corrected chi connectivity index (χ2v) is 4.60. The Kier molecular flexibility index (Phi) is 6.35. The molecule has 2 N–H and O–H groups in total. The number of aryl methyl sites for hydroxylation is 1. The summed E-state index contributed by atoms with van der Waals surface area (Å²) in [6.45, 7) is 5.55. The Hall–Kier alpha value is -1.56. The highest BCUT2D eigenvalue weighted by molar-refractivity contribution is 5.74. The van der Waals surface area contributed by atoms with Crippen molar-refractivity contribution in [3.63, 3.8) is 0 Å². The van der Waals surface area contributed by atoms with Crippen LogP contribution in [0, 0.1) is 6.92 Å². The summed E-state index contributed by atoms with van der Waals surface area (Å²) in [6, 6.07) is -0.134. The van der Waals surface area contributed by atoms with Crippen molar-refractivity contribution in [3.05, 3.63) is 17.5 Å². The number of carbonyl (C=O) groups excluding carboxylic acids is 1. The van der Waals surface area contributed by atoms with Crippen molar-refractivity contribution in [2.45, 2.75) is 33.2 Å². The summed E-state index contributed by atoms with van der Waals surface area (Å²) in [6.07, 6.45) is 3.73. The van der Waals surface area contributed by atoms with Gasteiger partial charge in [0.25, 0.3) is 0 Å². The van der Waals surface area contributed by atoms with E-state index in [1.54, 1.807) is 15.8 Å². The van der Waals surface area contributed by atoms with Crippen LogP contribution in [0.15, 0.2) is 6.20 Å². The number of rotatable bonds is 7. The van der Waals surface area contributed by atoms with E-state index in [0.29, 0.717) is 19.6 Å². The molecule has 0 saturated heterocycles. The molecule has 0 aliphatic carbocycles. The minimum atomic E-state index is -0.134. The van der Waals surface area contributed by atoms with Crippen molar-refractivity contribution < 1.29 is 9.90 Å². The number of amides is 2. The molecule has 1 heterocycles. The first-order valence-electron chi connectivity index (χ1n) is 6.71. The van der Waals surface area contributed by atoms with Gasteiger partial charge in [0.15, 0.2) is 0 Å². The molecule has 0 saturated carbocycles. The smallest absolute Gasteiger partial charge is 0.317 e. The lowest BCUT2D eigenvalue weighted by atomic mass is 10.2. The van der Waals surface area contributed by atoms with Crippen LogP contribution in [0.5, 0.6) is 0 Å². The number of hydrogen-bond donors (Lipinski definition) is 2. The van der Waals surface area contributed by atoms with Crippen molar-refractivity contribution in [2.75, 3.05) is 19.7 Å². The third-order valence-electron chi connectivity index (χ3n) is 3.21. The van der Waals surface area contributed by atoms with Crippen LogP contribution in [-0.4, -0.2) is 45.5 Å². The van der Waals surface area contributed by atoms with E-state index in [4.69, 9.17) is 5.11 Å². The van der Waals surface area contributed by atoms with Gasteiger partial charge in [-0.05, 0) is 13.3 Å². The van der Waals surface area contributed by atoms with E-state index in [9.17, 15) is 4.79 Å². The third-order valence-corrected chi connectivity index (χ3v) is 3.21. The molecule has 1 rings (SSSR count). The number of urea groups is 1. The topological polar surface area (TPSA) is 70.4 Å². The number of nitrogens with zero attached hydrogens (tertiary/aromatic N) is 3. The lowest BCUT2D eigenvalue weighted by molar-refractivity contribution is 0.176. The van der Waals surface area contributed by atoms with Gasteiger partial charge >= 0.3 is 6.03 Å². The summed E-state index contributed by atoms with van der Waals surface area (Å²) >= 11 is 0. The fourth-order valence-corrected chi connectivity index (χ4v) is 1.78. The summed E-state index contributed by atoms with van der Waals surface area (Å²) < 4.78 is 1.78. The Morgan fingerprint density at radius 2 is 2.26 bits per heavy atom. The second kappa shape index (κ2) is 7.78. The number of unbranched alkanes of at least 4 members (excludes halogenated alkanes) is 1. The zero-order valence-electron chi connectivity index (χ0n) is 12.0. The van der Waals surface area contributed by atoms with Gasteiger partial charge in [-0.2, -0.15) is 5.10 Å². The fraction of sp³-hybridized carbons (Fsp3) is 0.692. The lowest BCUT2D eigenvalue weighted by Crippen LogP contribution is -2.41. The summed E-state index contributed by atoms with van der Waals surface area (Å²) in [5.74, 6) is 0. The molecule has 19 heavy (non-hydrogen) atoms. The minimum Gasteiger partial charge on any atom is -0.395 e. The van der Waals surface area contributed by atoms with Crippen molar-refractivity contribution in [1.29, 1.82) is 0 Å². The summed E-state index contributed by atoms with van der Waals surface area (Å²) in [5, 5.41) is 16.0. The largest absolute Gasteiger partial charge is 0.395 e. The molecule has 108 valence electrons. The number of carbonyl (C=O) groups is 1. The molecule has 0 spiro atoms. The van der Waals surface area contributed by atoms with Crippen molar-refractivity contribution in [2.24, 2.45) is 7.05 Å². The number of hydrogen-bond acceptors (Lipinski definition) is 3. The molecule has 1 aromatic rings. The van der Waals surface area contributed by atoms with Gasteiger partial charge in [-0.3, -0.25) is 4.68 Å². The summed E-state index contributed by atoms with van der Waals surface area (Å²) in [4.78, 5) is 13.7. The maximum absolute atomic E-state index is 12.0. The molecule has 0 aliphatic rings. The molecule has 0 fully saturated rings. The minimum absolute atomic E-state index is 0.0109. The quantitative estimate of drug-likeness (QED) is 0.776. The number of aromatic nitrogens is 2. The van der Waals surface area contributed by atoms with Gasteiger partial charge in [0.2, 0.25) is 0 Å². The number of aliphatic hydroxyl groups excluding tert-OH is 1. The molecule has 0 aliphatic heterocycles. The SMILES string of the molecule is CCCCN(CCO)C(=O)NCc1cnn(C)c1C. The monoisotopic (exact) mass is 268 g/mol. The van der Waals surface area contributed by atoms with Crippen LogP contribution in [-0.2, 0) is 13.6 Å². The Balaban J connectivity index is 2.49. The van der Waals surface area contributed by atoms with E-state index in [2.05, 4.69) is 17.3 Å².